The van der Waals surface area contributed by atoms with Crippen LogP contribution in [-0.2, 0) is 6.54 Å². The lowest BCUT2D eigenvalue weighted by Gasteiger charge is -2.22. The van der Waals surface area contributed by atoms with Gasteiger partial charge in [-0.1, -0.05) is 24.3 Å². The van der Waals surface area contributed by atoms with Gasteiger partial charge in [-0.15, -0.1) is 0 Å². The fourth-order valence-corrected chi connectivity index (χ4v) is 3.62. The van der Waals surface area contributed by atoms with Gasteiger partial charge >= 0.3 is 5.97 Å². The first-order valence-corrected chi connectivity index (χ1v) is 8.79. The van der Waals surface area contributed by atoms with E-state index in [4.69, 9.17) is 4.42 Å². The molecule has 1 unspecified atom stereocenters. The topological polar surface area (TPSA) is 66.6 Å². The maximum absolute atomic E-state index is 11.4. The Balaban J connectivity index is 1.55. The van der Waals surface area contributed by atoms with Crippen LogP contribution in [0, 0.1) is 0 Å². The van der Waals surface area contributed by atoms with Crippen LogP contribution in [0.4, 0.5) is 0 Å². The summed E-state index contributed by atoms with van der Waals surface area (Å²) >= 11 is 0. The standard InChI is InChI=1S/C21H20N2O3/c24-21(25)17-7-2-1-6-16(17)20-11-10-15(26-20)14-23-13-5-9-19(23)18-8-3-4-12-22-18/h1-4,6-8,10-12,19H,5,9,13-14H2,(H,24,25). The maximum atomic E-state index is 11.4. The number of aromatic nitrogens is 1. The van der Waals surface area contributed by atoms with Gasteiger partial charge in [0.15, 0.2) is 0 Å². The first-order chi connectivity index (χ1) is 12.7. The molecule has 3 aromatic rings. The number of hydrogen-bond donors (Lipinski definition) is 1. The molecule has 1 aliphatic heterocycles. The first-order valence-electron chi connectivity index (χ1n) is 8.79. The molecule has 0 spiro atoms. The minimum atomic E-state index is -0.951. The van der Waals surface area contributed by atoms with Crippen molar-refractivity contribution in [1.82, 2.24) is 9.88 Å². The zero-order valence-electron chi connectivity index (χ0n) is 14.3. The Morgan fingerprint density at radius 3 is 2.81 bits per heavy atom. The number of rotatable bonds is 5. The maximum Gasteiger partial charge on any atom is 0.336 e. The predicted molar refractivity (Wildman–Crippen MR) is 97.7 cm³/mol. The molecule has 3 heterocycles. The summed E-state index contributed by atoms with van der Waals surface area (Å²) in [5.74, 6) is 0.475. The van der Waals surface area contributed by atoms with Gasteiger partial charge in [0.25, 0.3) is 0 Å². The number of benzene rings is 1. The number of pyridine rings is 1. The minimum absolute atomic E-state index is 0.251. The SMILES string of the molecule is O=C(O)c1ccccc1-c1ccc(CN2CCCC2c2ccccn2)o1. The number of carboxylic acids is 1. The molecule has 0 aliphatic carbocycles. The van der Waals surface area contributed by atoms with E-state index in [-0.39, 0.29) is 5.56 Å². The van der Waals surface area contributed by atoms with Gasteiger partial charge in [0.05, 0.1) is 23.8 Å². The molecule has 0 bridgehead atoms. The number of likely N-dealkylation sites (tertiary alicyclic amines) is 1. The lowest BCUT2D eigenvalue weighted by atomic mass is 10.1. The van der Waals surface area contributed by atoms with E-state index >= 15 is 0 Å². The Morgan fingerprint density at radius 1 is 1.15 bits per heavy atom. The lowest BCUT2D eigenvalue weighted by molar-refractivity contribution is 0.0697. The van der Waals surface area contributed by atoms with Gasteiger partial charge in [-0.3, -0.25) is 9.88 Å². The molecule has 1 N–H and O–H groups in total. The van der Waals surface area contributed by atoms with Gasteiger partial charge in [0.1, 0.15) is 11.5 Å². The van der Waals surface area contributed by atoms with Crippen LogP contribution in [-0.4, -0.2) is 27.5 Å². The molecule has 0 amide bonds. The summed E-state index contributed by atoms with van der Waals surface area (Å²) in [5, 5.41) is 9.37. The average molecular weight is 348 g/mol. The van der Waals surface area contributed by atoms with Crippen molar-refractivity contribution in [3.63, 3.8) is 0 Å². The van der Waals surface area contributed by atoms with Crippen molar-refractivity contribution in [2.75, 3.05) is 6.54 Å². The Kier molecular flexibility index (Phi) is 4.54. The molecule has 5 nitrogen and oxygen atoms in total. The molecule has 1 fully saturated rings. The van der Waals surface area contributed by atoms with Gasteiger partial charge in [-0.25, -0.2) is 4.79 Å². The van der Waals surface area contributed by atoms with Gasteiger partial charge in [0, 0.05) is 11.8 Å². The Bertz CT molecular complexity index is 904. The molecule has 1 aliphatic rings. The van der Waals surface area contributed by atoms with Crippen molar-refractivity contribution in [2.24, 2.45) is 0 Å². The molecule has 0 saturated carbocycles. The Labute approximate surface area is 151 Å². The highest BCUT2D eigenvalue weighted by molar-refractivity contribution is 5.95. The molecule has 132 valence electrons. The summed E-state index contributed by atoms with van der Waals surface area (Å²) < 4.78 is 5.98. The second-order valence-electron chi connectivity index (χ2n) is 6.50. The molecule has 1 atom stereocenters. The molecule has 2 aromatic heterocycles. The summed E-state index contributed by atoms with van der Waals surface area (Å²) in [6.45, 7) is 1.69. The molecule has 5 heteroatoms. The van der Waals surface area contributed by atoms with Crippen LogP contribution < -0.4 is 0 Å². The van der Waals surface area contributed by atoms with E-state index < -0.39 is 5.97 Å². The van der Waals surface area contributed by atoms with E-state index in [1.54, 1.807) is 18.2 Å². The quantitative estimate of drug-likeness (QED) is 0.741. The van der Waals surface area contributed by atoms with Gasteiger partial charge < -0.3 is 9.52 Å². The van der Waals surface area contributed by atoms with E-state index in [0.717, 1.165) is 30.8 Å². The number of nitrogens with zero attached hydrogens (tertiary/aromatic N) is 2. The van der Waals surface area contributed by atoms with Gasteiger partial charge in [-0.05, 0) is 49.7 Å². The van der Waals surface area contributed by atoms with E-state index in [9.17, 15) is 9.90 Å². The zero-order valence-corrected chi connectivity index (χ0v) is 14.3. The highest BCUT2D eigenvalue weighted by Crippen LogP contribution is 2.33. The van der Waals surface area contributed by atoms with Crippen LogP contribution in [0.25, 0.3) is 11.3 Å². The average Bonchev–Trinajstić information content (AvgIpc) is 3.32. The molecule has 1 saturated heterocycles. The Hall–Kier alpha value is -2.92. The molecule has 1 aromatic carbocycles. The fraction of sp³-hybridized carbons (Fsp3) is 0.238. The summed E-state index contributed by atoms with van der Waals surface area (Å²) in [7, 11) is 0. The first kappa shape index (κ1) is 16.5. The highest BCUT2D eigenvalue weighted by Gasteiger charge is 2.27. The third kappa shape index (κ3) is 3.26. The normalized spacial score (nSPS) is 17.5. The van der Waals surface area contributed by atoms with Crippen LogP contribution in [0.1, 0.15) is 40.7 Å². The molecule has 4 rings (SSSR count). The summed E-state index contributed by atoms with van der Waals surface area (Å²) in [5.41, 5.74) is 1.95. The van der Waals surface area contributed by atoms with E-state index in [1.165, 1.54) is 0 Å². The largest absolute Gasteiger partial charge is 0.478 e. The molecule has 26 heavy (non-hydrogen) atoms. The van der Waals surface area contributed by atoms with E-state index in [2.05, 4.69) is 16.0 Å². The van der Waals surface area contributed by atoms with E-state index in [1.807, 2.05) is 36.5 Å². The van der Waals surface area contributed by atoms with Crippen LogP contribution in [0.5, 0.6) is 0 Å². The monoisotopic (exact) mass is 348 g/mol. The second kappa shape index (κ2) is 7.14. The van der Waals surface area contributed by atoms with Crippen LogP contribution in [0.2, 0.25) is 0 Å². The van der Waals surface area contributed by atoms with Crippen molar-refractivity contribution in [1.29, 1.82) is 0 Å². The molecular weight excluding hydrogens is 328 g/mol. The smallest absolute Gasteiger partial charge is 0.336 e. The minimum Gasteiger partial charge on any atom is -0.478 e. The van der Waals surface area contributed by atoms with Crippen molar-refractivity contribution >= 4 is 5.97 Å². The van der Waals surface area contributed by atoms with Crippen LogP contribution in [0.15, 0.2) is 65.2 Å². The number of carbonyl (C=O) groups is 1. The second-order valence-corrected chi connectivity index (χ2v) is 6.50. The number of hydrogen-bond acceptors (Lipinski definition) is 4. The fourth-order valence-electron chi connectivity index (χ4n) is 3.62. The third-order valence-electron chi connectivity index (χ3n) is 4.84. The van der Waals surface area contributed by atoms with Crippen molar-refractivity contribution in [3.05, 3.63) is 77.8 Å². The number of furan rings is 1. The van der Waals surface area contributed by atoms with Crippen molar-refractivity contribution in [2.45, 2.75) is 25.4 Å². The van der Waals surface area contributed by atoms with Gasteiger partial charge in [-0.2, -0.15) is 0 Å². The number of aromatic carboxylic acids is 1. The van der Waals surface area contributed by atoms with Gasteiger partial charge in [0.2, 0.25) is 0 Å². The predicted octanol–water partition coefficient (Wildman–Crippen LogP) is 4.38. The van der Waals surface area contributed by atoms with Crippen LogP contribution >= 0.6 is 0 Å². The summed E-state index contributed by atoms with van der Waals surface area (Å²) in [6, 6.07) is 17.0. The highest BCUT2D eigenvalue weighted by atomic mass is 16.4. The zero-order chi connectivity index (χ0) is 17.9. The van der Waals surface area contributed by atoms with Crippen molar-refractivity contribution in [3.8, 4) is 11.3 Å². The van der Waals surface area contributed by atoms with Crippen LogP contribution in [0.3, 0.4) is 0 Å². The molecular formula is C21H20N2O3. The lowest BCUT2D eigenvalue weighted by Crippen LogP contribution is -2.23. The number of carboxylic acid groups (broad SMARTS) is 1. The summed E-state index contributed by atoms with van der Waals surface area (Å²) in [6.07, 6.45) is 4.06. The summed E-state index contributed by atoms with van der Waals surface area (Å²) in [4.78, 5) is 18.3. The van der Waals surface area contributed by atoms with E-state index in [0.29, 0.717) is 23.9 Å². The van der Waals surface area contributed by atoms with Crippen molar-refractivity contribution < 1.29 is 14.3 Å². The molecule has 0 radical (unpaired) electrons. The third-order valence-corrected chi connectivity index (χ3v) is 4.84. The Morgan fingerprint density at radius 2 is 2.00 bits per heavy atom.